The quantitative estimate of drug-likeness (QED) is 0.161. The number of ether oxygens (including phenoxy) is 6. The minimum Gasteiger partial charge on any atom is -0.394 e. The lowest BCUT2D eigenvalue weighted by molar-refractivity contribution is -0.376. The number of hydrogen-bond acceptors (Lipinski definition) is 15. The largest absolute Gasteiger partial charge is 0.394 e. The smallest absolute Gasteiger partial charge is 0.187 e. The van der Waals surface area contributed by atoms with E-state index < -0.39 is 98.0 Å². The Morgan fingerprint density at radius 3 is 2.15 bits per heavy atom. The van der Waals surface area contributed by atoms with E-state index in [9.17, 15) is 45.6 Å². The number of rotatable bonds is 6. The molecule has 308 valence electrons. The van der Waals surface area contributed by atoms with Gasteiger partial charge in [-0.1, -0.05) is 27.7 Å². The summed E-state index contributed by atoms with van der Waals surface area (Å²) in [6, 6.07) is 0. The lowest BCUT2D eigenvalue weighted by atomic mass is 9.43. The standard InChI is InChI=1S/C39H62O15/c1-16-7-8-39(49-15-16)17(2)28-24(54-39)10-21-19-6-5-18-9-23(22(42)12-37(18,3)20(19)11-27(43)38(21,28)4)50-36-34(32(47)30(45)26(14-41)52-36)53-35-33(48)31(46)29(44)25(13-40)51-35/h16-26,28-36,40-42,44-48H,5-15H2,1-4H3. The van der Waals surface area contributed by atoms with Crippen molar-refractivity contribution in [2.24, 2.45) is 52.3 Å². The van der Waals surface area contributed by atoms with Crippen LogP contribution in [-0.4, -0.2) is 152 Å². The fraction of sp³-hybridized carbons (Fsp3) is 0.974. The van der Waals surface area contributed by atoms with Gasteiger partial charge in [0.05, 0.1) is 38.1 Å². The van der Waals surface area contributed by atoms with E-state index in [2.05, 4.69) is 27.7 Å². The summed E-state index contributed by atoms with van der Waals surface area (Å²) in [5.41, 5.74) is -0.845. The van der Waals surface area contributed by atoms with Gasteiger partial charge in [0.1, 0.15) is 54.6 Å². The average molecular weight is 771 g/mol. The van der Waals surface area contributed by atoms with Crippen molar-refractivity contribution < 1.29 is 74.1 Å². The van der Waals surface area contributed by atoms with Crippen molar-refractivity contribution in [1.82, 2.24) is 0 Å². The zero-order chi connectivity index (χ0) is 38.6. The first kappa shape index (κ1) is 39.9. The summed E-state index contributed by atoms with van der Waals surface area (Å²) >= 11 is 0. The first-order valence-corrected chi connectivity index (χ1v) is 20.3. The second-order valence-electron chi connectivity index (χ2n) is 18.7. The van der Waals surface area contributed by atoms with Gasteiger partial charge in [-0.3, -0.25) is 4.79 Å². The van der Waals surface area contributed by atoms with Crippen LogP contribution in [0.15, 0.2) is 0 Å². The molecule has 0 aromatic carbocycles. The average Bonchev–Trinajstić information content (AvgIpc) is 3.59. The molecule has 0 aromatic heterocycles. The summed E-state index contributed by atoms with van der Waals surface area (Å²) in [7, 11) is 0. The molecule has 8 aliphatic rings. The van der Waals surface area contributed by atoms with Crippen molar-refractivity contribution in [3.8, 4) is 0 Å². The fourth-order valence-corrected chi connectivity index (χ4v) is 12.9. The number of aliphatic hydroxyl groups is 8. The predicted molar refractivity (Wildman–Crippen MR) is 185 cm³/mol. The van der Waals surface area contributed by atoms with Crippen LogP contribution >= 0.6 is 0 Å². The van der Waals surface area contributed by atoms with Gasteiger partial charge >= 0.3 is 0 Å². The molecule has 0 bridgehead atoms. The molecular weight excluding hydrogens is 708 g/mol. The van der Waals surface area contributed by atoms with Gasteiger partial charge in [-0.05, 0) is 73.5 Å². The highest BCUT2D eigenvalue weighted by atomic mass is 16.8. The molecule has 0 amide bonds. The van der Waals surface area contributed by atoms with Crippen molar-refractivity contribution in [3.05, 3.63) is 0 Å². The zero-order valence-electron chi connectivity index (χ0n) is 31.8. The van der Waals surface area contributed by atoms with Crippen LogP contribution in [0.4, 0.5) is 0 Å². The van der Waals surface area contributed by atoms with E-state index in [0.29, 0.717) is 43.5 Å². The van der Waals surface area contributed by atoms with Gasteiger partial charge in [-0.25, -0.2) is 0 Å². The molecule has 1 spiro atoms. The van der Waals surface area contributed by atoms with Crippen molar-refractivity contribution in [2.45, 2.75) is 165 Å². The topological polar surface area (TPSA) is 234 Å². The van der Waals surface area contributed by atoms with Gasteiger partial charge in [0.15, 0.2) is 18.4 Å². The van der Waals surface area contributed by atoms with Crippen molar-refractivity contribution >= 4 is 5.78 Å². The van der Waals surface area contributed by atoms with Gasteiger partial charge in [-0.15, -0.1) is 0 Å². The normalized spacial score (nSPS) is 58.7. The van der Waals surface area contributed by atoms with E-state index in [-0.39, 0.29) is 41.1 Å². The molecular formula is C39H62O15. The van der Waals surface area contributed by atoms with Gasteiger partial charge in [0.25, 0.3) is 0 Å². The Morgan fingerprint density at radius 2 is 1.48 bits per heavy atom. The third-order valence-electron chi connectivity index (χ3n) is 16.1. The van der Waals surface area contributed by atoms with E-state index in [4.69, 9.17) is 28.4 Å². The second kappa shape index (κ2) is 14.4. The molecule has 8 fully saturated rings. The van der Waals surface area contributed by atoms with E-state index >= 15 is 0 Å². The van der Waals surface area contributed by atoms with Crippen LogP contribution in [0.5, 0.6) is 0 Å². The van der Waals surface area contributed by atoms with E-state index in [1.165, 1.54) is 0 Å². The number of aliphatic hydroxyl groups excluding tert-OH is 8. The summed E-state index contributed by atoms with van der Waals surface area (Å²) in [4.78, 5) is 14.6. The van der Waals surface area contributed by atoms with Crippen LogP contribution in [0, 0.1) is 52.3 Å². The molecule has 8 rings (SSSR count). The summed E-state index contributed by atoms with van der Waals surface area (Å²) in [6.45, 7) is 8.14. The SMILES string of the molecule is CC1CCC2(OC1)OC1CC3C4CCC5CC(OC6OC(CO)C(O)C(O)C6OC6OC(CO)C(O)C(O)C6O)C(O)CC5(C)C4CC(=O)C3(C)C1C2C. The first-order chi connectivity index (χ1) is 25.6. The van der Waals surface area contributed by atoms with Crippen LogP contribution in [0.25, 0.3) is 0 Å². The van der Waals surface area contributed by atoms with E-state index in [1.54, 1.807) is 0 Å². The van der Waals surface area contributed by atoms with E-state index in [0.717, 1.165) is 32.1 Å². The molecule has 23 unspecified atom stereocenters. The van der Waals surface area contributed by atoms with Crippen LogP contribution in [-0.2, 0) is 33.2 Å². The van der Waals surface area contributed by atoms with Gasteiger partial charge in [0, 0.05) is 30.1 Å². The third-order valence-corrected chi connectivity index (χ3v) is 16.1. The zero-order valence-corrected chi connectivity index (χ0v) is 31.8. The molecule has 0 radical (unpaired) electrons. The Bertz CT molecular complexity index is 1370. The Hall–Kier alpha value is -0.890. The number of ketones is 1. The highest BCUT2D eigenvalue weighted by Crippen LogP contribution is 2.70. The molecule has 4 heterocycles. The Morgan fingerprint density at radius 1 is 0.796 bits per heavy atom. The Labute approximate surface area is 316 Å². The van der Waals surface area contributed by atoms with Gasteiger partial charge in [0.2, 0.25) is 0 Å². The number of Topliss-reactive ketones (excluding diaryl/α,β-unsaturated/α-hetero) is 1. The molecule has 15 heteroatoms. The van der Waals surface area contributed by atoms with Gasteiger partial charge in [-0.2, -0.15) is 0 Å². The van der Waals surface area contributed by atoms with Crippen LogP contribution < -0.4 is 0 Å². The molecule has 4 saturated carbocycles. The predicted octanol–water partition coefficient (Wildman–Crippen LogP) is -0.408. The molecule has 4 aliphatic heterocycles. The van der Waals surface area contributed by atoms with Crippen LogP contribution in [0.3, 0.4) is 0 Å². The summed E-state index contributed by atoms with van der Waals surface area (Å²) in [5.74, 6) is 1.08. The maximum atomic E-state index is 14.6. The van der Waals surface area contributed by atoms with Gasteiger partial charge < -0.3 is 69.3 Å². The number of hydrogen-bond donors (Lipinski definition) is 8. The van der Waals surface area contributed by atoms with Crippen molar-refractivity contribution in [1.29, 1.82) is 0 Å². The fourth-order valence-electron chi connectivity index (χ4n) is 12.9. The van der Waals surface area contributed by atoms with Crippen LogP contribution in [0.2, 0.25) is 0 Å². The Balaban J connectivity index is 0.980. The molecule has 8 N–H and O–H groups in total. The third kappa shape index (κ3) is 6.01. The minimum absolute atomic E-state index is 0.0170. The molecule has 0 aromatic rings. The molecule has 4 saturated heterocycles. The lowest BCUT2D eigenvalue weighted by Gasteiger charge is -2.61. The molecule has 54 heavy (non-hydrogen) atoms. The summed E-state index contributed by atoms with van der Waals surface area (Å²) < 4.78 is 36.9. The second-order valence-corrected chi connectivity index (χ2v) is 18.7. The molecule has 15 nitrogen and oxygen atoms in total. The monoisotopic (exact) mass is 770 g/mol. The first-order valence-electron chi connectivity index (χ1n) is 20.3. The minimum atomic E-state index is -1.79. The van der Waals surface area contributed by atoms with E-state index in [1.807, 2.05) is 0 Å². The van der Waals surface area contributed by atoms with Crippen LogP contribution in [0.1, 0.15) is 79.1 Å². The lowest BCUT2D eigenvalue weighted by Crippen LogP contribution is -2.65. The highest BCUT2D eigenvalue weighted by molar-refractivity contribution is 5.87. The molecule has 4 aliphatic carbocycles. The number of fused-ring (bicyclic) bond motifs is 7. The maximum absolute atomic E-state index is 14.6. The van der Waals surface area contributed by atoms with Crippen molar-refractivity contribution in [3.63, 3.8) is 0 Å². The number of carbonyl (C=O) groups is 1. The highest BCUT2D eigenvalue weighted by Gasteiger charge is 2.72. The summed E-state index contributed by atoms with van der Waals surface area (Å²) in [5, 5.41) is 84.4. The molecule has 23 atom stereocenters. The van der Waals surface area contributed by atoms with Crippen molar-refractivity contribution in [2.75, 3.05) is 19.8 Å². The maximum Gasteiger partial charge on any atom is 0.187 e. The Kier molecular flexibility index (Phi) is 10.7. The summed E-state index contributed by atoms with van der Waals surface area (Å²) in [6.07, 6.45) is -11.7. The number of carbonyl (C=O) groups excluding carboxylic acids is 1.